The summed E-state index contributed by atoms with van der Waals surface area (Å²) in [6.45, 7) is 24.4. The third-order valence-corrected chi connectivity index (χ3v) is 15.9. The Hall–Kier alpha value is -1.58. The molecule has 0 spiro atoms. The molecule has 1 unspecified atom stereocenters. The van der Waals surface area contributed by atoms with E-state index >= 15 is 0 Å². The Balaban J connectivity index is 2.05. The van der Waals surface area contributed by atoms with Crippen LogP contribution in [-0.2, 0) is 23.1 Å². The van der Waals surface area contributed by atoms with Crippen molar-refractivity contribution >= 4 is 22.6 Å². The summed E-state index contributed by atoms with van der Waals surface area (Å²) in [6.07, 6.45) is 7.98. The summed E-state index contributed by atoms with van der Waals surface area (Å²) >= 11 is 0. The van der Waals surface area contributed by atoms with Crippen molar-refractivity contribution in [1.29, 1.82) is 0 Å². The minimum Gasteiger partial charge on any atom is -0.513 e. The van der Waals surface area contributed by atoms with Gasteiger partial charge in [0.25, 0.3) is 8.32 Å². The highest BCUT2D eigenvalue weighted by Crippen LogP contribution is 2.39. The van der Waals surface area contributed by atoms with Crippen LogP contribution in [-0.4, -0.2) is 29.2 Å². The van der Waals surface area contributed by atoms with Crippen LogP contribution >= 0.6 is 0 Å². The summed E-state index contributed by atoms with van der Waals surface area (Å²) in [5.41, 5.74) is 2.15. The van der Waals surface area contributed by atoms with Gasteiger partial charge < -0.3 is 18.3 Å². The van der Waals surface area contributed by atoms with Gasteiger partial charge in [-0.15, -0.1) is 0 Å². The van der Waals surface area contributed by atoms with Crippen LogP contribution in [0.5, 0.6) is 0 Å². The van der Waals surface area contributed by atoms with Crippen molar-refractivity contribution in [2.45, 2.75) is 91.2 Å². The predicted octanol–water partition coefficient (Wildman–Crippen LogP) is 7.18. The molecular formula is C25H42O5Si2. The van der Waals surface area contributed by atoms with Crippen LogP contribution in [0.4, 0.5) is 0 Å². The number of rotatable bonds is 6. The monoisotopic (exact) mass is 478 g/mol. The van der Waals surface area contributed by atoms with Gasteiger partial charge in [-0.1, -0.05) is 59.3 Å². The van der Waals surface area contributed by atoms with Gasteiger partial charge in [-0.25, -0.2) is 4.79 Å². The summed E-state index contributed by atoms with van der Waals surface area (Å²) in [5.74, 6) is 0.430. The van der Waals surface area contributed by atoms with Crippen LogP contribution < -0.4 is 0 Å². The molecule has 180 valence electrons. The molecule has 1 atom stereocenters. The molecule has 0 N–H and O–H groups in total. The first-order valence-corrected chi connectivity index (χ1v) is 17.2. The van der Waals surface area contributed by atoms with Gasteiger partial charge in [0.05, 0.1) is 0 Å². The van der Waals surface area contributed by atoms with E-state index in [4.69, 9.17) is 18.3 Å². The fourth-order valence-electron chi connectivity index (χ4n) is 2.90. The smallest absolute Gasteiger partial charge is 0.364 e. The number of ether oxygens (including phenoxy) is 2. The number of carbonyl (C=O) groups excluding carboxylic acids is 1. The third-order valence-electron chi connectivity index (χ3n) is 7.09. The van der Waals surface area contributed by atoms with Crippen molar-refractivity contribution < 1.29 is 23.1 Å². The molecule has 0 aromatic heterocycles. The topological polar surface area (TPSA) is 54.0 Å². The molecule has 0 radical (unpaired) electrons. The molecule has 1 aliphatic heterocycles. The maximum absolute atomic E-state index is 12.8. The maximum Gasteiger partial charge on any atom is 0.364 e. The fourth-order valence-corrected chi connectivity index (χ4v) is 4.83. The fraction of sp³-hybridized carbons (Fsp3) is 0.640. The average Bonchev–Trinajstić information content (AvgIpc) is 2.64. The molecule has 5 nitrogen and oxygen atoms in total. The molecule has 2 rings (SSSR count). The zero-order valence-corrected chi connectivity index (χ0v) is 23.8. The van der Waals surface area contributed by atoms with Crippen molar-refractivity contribution in [1.82, 2.24) is 0 Å². The minimum atomic E-state index is -2.26. The average molecular weight is 479 g/mol. The van der Waals surface area contributed by atoms with E-state index < -0.39 is 22.6 Å². The first-order chi connectivity index (χ1) is 14.4. The molecule has 1 aliphatic carbocycles. The molecule has 32 heavy (non-hydrogen) atoms. The van der Waals surface area contributed by atoms with Gasteiger partial charge in [0.1, 0.15) is 12.5 Å². The van der Waals surface area contributed by atoms with Crippen LogP contribution in [0.2, 0.25) is 36.3 Å². The highest BCUT2D eigenvalue weighted by Gasteiger charge is 2.42. The van der Waals surface area contributed by atoms with E-state index in [1.807, 2.05) is 13.1 Å². The lowest BCUT2D eigenvalue weighted by Crippen LogP contribution is -2.43. The molecule has 1 heterocycles. The Morgan fingerprint density at radius 2 is 1.62 bits per heavy atom. The molecule has 7 heteroatoms. The summed E-state index contributed by atoms with van der Waals surface area (Å²) < 4.78 is 23.8. The van der Waals surface area contributed by atoms with Gasteiger partial charge in [0.15, 0.2) is 14.1 Å². The van der Waals surface area contributed by atoms with Gasteiger partial charge >= 0.3 is 5.97 Å². The quantitative estimate of drug-likeness (QED) is 0.378. The van der Waals surface area contributed by atoms with Crippen LogP contribution in [0, 0.1) is 5.92 Å². The highest BCUT2D eigenvalue weighted by molar-refractivity contribution is 6.75. The maximum atomic E-state index is 12.8. The van der Waals surface area contributed by atoms with Crippen molar-refractivity contribution in [3.05, 3.63) is 47.3 Å². The second-order valence-corrected chi connectivity index (χ2v) is 21.5. The molecule has 0 fully saturated rings. The molecule has 0 saturated heterocycles. The molecule has 2 aliphatic rings. The Labute approximate surface area is 196 Å². The lowest BCUT2D eigenvalue weighted by molar-refractivity contribution is -0.134. The SMILES string of the molecule is CC1=CC(CO[Si](C)(C)C(C)(C)C)CC(C2=COC=C(C(=O)O[Si](C)(C)C(C)(C)C)O2)=C1. The minimum absolute atomic E-state index is 0.0808. The van der Waals surface area contributed by atoms with E-state index in [2.05, 4.69) is 73.7 Å². The largest absolute Gasteiger partial charge is 0.513 e. The number of hydrogen-bond acceptors (Lipinski definition) is 5. The van der Waals surface area contributed by atoms with Gasteiger partial charge in [0, 0.05) is 12.5 Å². The molecule has 0 amide bonds. The summed E-state index contributed by atoms with van der Waals surface area (Å²) in [6, 6.07) is 0. The second-order valence-electron chi connectivity index (χ2n) is 12.0. The van der Waals surface area contributed by atoms with Crippen LogP contribution in [0.1, 0.15) is 54.9 Å². The zero-order chi connectivity index (χ0) is 24.5. The van der Waals surface area contributed by atoms with Crippen molar-refractivity contribution in [2.24, 2.45) is 5.92 Å². The zero-order valence-electron chi connectivity index (χ0n) is 21.8. The van der Waals surface area contributed by atoms with Crippen molar-refractivity contribution in [3.8, 4) is 0 Å². The van der Waals surface area contributed by atoms with Gasteiger partial charge in [-0.3, -0.25) is 0 Å². The summed E-state index contributed by atoms with van der Waals surface area (Å²) in [7, 11) is -4.08. The second kappa shape index (κ2) is 9.35. The van der Waals surface area contributed by atoms with Crippen molar-refractivity contribution in [2.75, 3.05) is 6.61 Å². The number of hydrogen-bond donors (Lipinski definition) is 0. The van der Waals surface area contributed by atoms with E-state index in [0.717, 1.165) is 17.6 Å². The predicted molar refractivity (Wildman–Crippen MR) is 135 cm³/mol. The molecule has 0 aromatic rings. The Morgan fingerprint density at radius 1 is 1.03 bits per heavy atom. The number of carbonyl (C=O) groups is 1. The Morgan fingerprint density at radius 3 is 2.19 bits per heavy atom. The molecular weight excluding hydrogens is 436 g/mol. The van der Waals surface area contributed by atoms with E-state index in [1.54, 1.807) is 6.26 Å². The standard InChI is InChI=1S/C25H42O5Si2/c1-18-12-19(15-28-31(8,9)24(2,3)4)14-20(13-18)21-16-27-17-22(29-21)23(26)30-32(10,11)25(5,6)7/h12-13,16-17,19H,14-15H2,1-11H3. The van der Waals surface area contributed by atoms with E-state index in [1.165, 1.54) is 6.26 Å². The molecule has 0 bridgehead atoms. The van der Waals surface area contributed by atoms with Gasteiger partial charge in [-0.2, -0.15) is 0 Å². The highest BCUT2D eigenvalue weighted by atomic mass is 28.4. The molecule has 0 saturated carbocycles. The van der Waals surface area contributed by atoms with E-state index in [0.29, 0.717) is 12.4 Å². The lowest BCUT2D eigenvalue weighted by atomic mass is 9.90. The lowest BCUT2D eigenvalue weighted by Gasteiger charge is -2.37. The van der Waals surface area contributed by atoms with Crippen LogP contribution in [0.15, 0.2) is 47.3 Å². The van der Waals surface area contributed by atoms with Crippen LogP contribution in [0.25, 0.3) is 0 Å². The van der Waals surface area contributed by atoms with Gasteiger partial charge in [0.2, 0.25) is 5.76 Å². The van der Waals surface area contributed by atoms with Gasteiger partial charge in [-0.05, 0) is 55.2 Å². The number of allylic oxidation sites excluding steroid dienone is 3. The van der Waals surface area contributed by atoms with E-state index in [-0.39, 0.29) is 21.8 Å². The summed E-state index contributed by atoms with van der Waals surface area (Å²) in [5, 5.41) is 0.0920. The Bertz CT molecular complexity index is 849. The first-order valence-electron chi connectivity index (χ1n) is 11.4. The summed E-state index contributed by atoms with van der Waals surface area (Å²) in [4.78, 5) is 12.8. The first kappa shape index (κ1) is 26.7. The van der Waals surface area contributed by atoms with E-state index in [9.17, 15) is 4.79 Å². The van der Waals surface area contributed by atoms with Crippen LogP contribution in [0.3, 0.4) is 0 Å². The molecule has 0 aromatic carbocycles. The third kappa shape index (κ3) is 6.48. The normalized spacial score (nSPS) is 20.3. The van der Waals surface area contributed by atoms with Crippen molar-refractivity contribution in [3.63, 3.8) is 0 Å². The Kier molecular flexibility index (Phi) is 7.79.